The Hall–Kier alpha value is -1.62. The molecule has 3 rings (SSSR count). The number of nitrogens with two attached hydrogens (primary N) is 1. The van der Waals surface area contributed by atoms with Crippen molar-refractivity contribution >= 4 is 11.6 Å². The van der Waals surface area contributed by atoms with E-state index in [1.54, 1.807) is 4.52 Å². The summed E-state index contributed by atoms with van der Waals surface area (Å²) in [5.74, 6) is 0.776. The van der Waals surface area contributed by atoms with Crippen molar-refractivity contribution in [2.45, 2.75) is 6.04 Å². The summed E-state index contributed by atoms with van der Waals surface area (Å²) >= 11 is 0. The molecule has 2 aromatic rings. The van der Waals surface area contributed by atoms with Gasteiger partial charge in [-0.05, 0) is 12.1 Å². The molecule has 0 spiro atoms. The van der Waals surface area contributed by atoms with Crippen LogP contribution in [0.5, 0.6) is 0 Å². The number of rotatable bonds is 1. The van der Waals surface area contributed by atoms with E-state index in [0.717, 1.165) is 24.7 Å². The lowest BCUT2D eigenvalue weighted by Crippen LogP contribution is -2.56. The van der Waals surface area contributed by atoms with Gasteiger partial charge in [-0.15, -0.1) is 5.10 Å². The number of hydrogen-bond acceptors (Lipinski definition) is 4. The second kappa shape index (κ2) is 2.68. The Balaban J connectivity index is 1.99. The molecule has 0 aromatic carbocycles. The van der Waals surface area contributed by atoms with E-state index >= 15 is 0 Å². The van der Waals surface area contributed by atoms with Crippen molar-refractivity contribution in [1.82, 2.24) is 14.6 Å². The van der Waals surface area contributed by atoms with Gasteiger partial charge in [-0.3, -0.25) is 0 Å². The molecular weight excluding hydrogens is 178 g/mol. The van der Waals surface area contributed by atoms with E-state index in [9.17, 15) is 0 Å². The van der Waals surface area contributed by atoms with Crippen LogP contribution in [0.4, 0.5) is 5.95 Å². The Morgan fingerprint density at radius 1 is 1.36 bits per heavy atom. The molecule has 72 valence electrons. The third-order valence-corrected chi connectivity index (χ3v) is 2.42. The molecular formula is C9H11N5. The van der Waals surface area contributed by atoms with Gasteiger partial charge in [0.1, 0.15) is 0 Å². The van der Waals surface area contributed by atoms with Crippen molar-refractivity contribution in [3.8, 4) is 0 Å². The lowest BCUT2D eigenvalue weighted by atomic mass is 10.1. The number of nitrogens with zero attached hydrogens (tertiary/aromatic N) is 4. The molecule has 0 aliphatic carbocycles. The first-order chi connectivity index (χ1) is 6.83. The normalized spacial score (nSPS) is 17.4. The molecule has 14 heavy (non-hydrogen) atoms. The van der Waals surface area contributed by atoms with Crippen molar-refractivity contribution in [1.29, 1.82) is 0 Å². The topological polar surface area (TPSA) is 59.5 Å². The van der Waals surface area contributed by atoms with Crippen LogP contribution in [0.15, 0.2) is 24.4 Å². The van der Waals surface area contributed by atoms with Crippen molar-refractivity contribution in [3.05, 3.63) is 24.4 Å². The zero-order chi connectivity index (χ0) is 9.54. The number of pyridine rings is 1. The highest BCUT2D eigenvalue weighted by atomic mass is 15.4. The summed E-state index contributed by atoms with van der Waals surface area (Å²) < 4.78 is 1.78. The quantitative estimate of drug-likeness (QED) is 0.679. The minimum atomic E-state index is 0.279. The average Bonchev–Trinajstić information content (AvgIpc) is 2.55. The first-order valence-electron chi connectivity index (χ1n) is 4.65. The van der Waals surface area contributed by atoms with Crippen LogP contribution in [0, 0.1) is 0 Å². The molecule has 1 saturated heterocycles. The van der Waals surface area contributed by atoms with Gasteiger partial charge in [-0.2, -0.15) is 4.98 Å². The standard InChI is InChI=1S/C9H11N5/c10-7-5-13(6-7)9-11-8-3-1-2-4-14(8)12-9/h1-4,7H,5-6,10H2. The SMILES string of the molecule is NC1CN(c2nc3ccccn3n2)C1. The van der Waals surface area contributed by atoms with Crippen LogP contribution in [-0.2, 0) is 0 Å². The van der Waals surface area contributed by atoms with Crippen LogP contribution >= 0.6 is 0 Å². The number of anilines is 1. The Labute approximate surface area is 81.1 Å². The molecule has 5 nitrogen and oxygen atoms in total. The molecule has 1 aliphatic heterocycles. The fraction of sp³-hybridized carbons (Fsp3) is 0.333. The molecule has 0 atom stereocenters. The van der Waals surface area contributed by atoms with Gasteiger partial charge in [0.25, 0.3) is 0 Å². The summed E-state index contributed by atoms with van der Waals surface area (Å²) in [6, 6.07) is 6.11. The first kappa shape index (κ1) is 7.75. The fourth-order valence-electron chi connectivity index (χ4n) is 1.63. The average molecular weight is 189 g/mol. The van der Waals surface area contributed by atoms with Gasteiger partial charge in [0.15, 0.2) is 5.65 Å². The molecule has 3 heterocycles. The Morgan fingerprint density at radius 2 is 2.21 bits per heavy atom. The van der Waals surface area contributed by atoms with Gasteiger partial charge in [0.2, 0.25) is 5.95 Å². The summed E-state index contributed by atoms with van der Waals surface area (Å²) in [4.78, 5) is 6.47. The highest BCUT2D eigenvalue weighted by Gasteiger charge is 2.26. The van der Waals surface area contributed by atoms with Crippen LogP contribution in [0.2, 0.25) is 0 Å². The largest absolute Gasteiger partial charge is 0.336 e. The van der Waals surface area contributed by atoms with E-state index in [0.29, 0.717) is 0 Å². The molecule has 0 radical (unpaired) electrons. The lowest BCUT2D eigenvalue weighted by Gasteiger charge is -2.35. The van der Waals surface area contributed by atoms with Crippen molar-refractivity contribution in [3.63, 3.8) is 0 Å². The molecule has 0 unspecified atom stereocenters. The van der Waals surface area contributed by atoms with Crippen LogP contribution in [-0.4, -0.2) is 33.7 Å². The third kappa shape index (κ3) is 1.06. The van der Waals surface area contributed by atoms with E-state index in [-0.39, 0.29) is 6.04 Å². The summed E-state index contributed by atoms with van der Waals surface area (Å²) in [6.45, 7) is 1.72. The number of aromatic nitrogens is 3. The molecule has 2 N–H and O–H groups in total. The van der Waals surface area contributed by atoms with Gasteiger partial charge in [-0.25, -0.2) is 4.52 Å². The van der Waals surface area contributed by atoms with Gasteiger partial charge in [-0.1, -0.05) is 6.07 Å². The first-order valence-corrected chi connectivity index (χ1v) is 4.65. The molecule has 1 aliphatic rings. The minimum absolute atomic E-state index is 0.279. The summed E-state index contributed by atoms with van der Waals surface area (Å²) in [5.41, 5.74) is 6.57. The van der Waals surface area contributed by atoms with Crippen molar-refractivity contribution in [2.75, 3.05) is 18.0 Å². The van der Waals surface area contributed by atoms with Gasteiger partial charge >= 0.3 is 0 Å². The predicted molar refractivity (Wildman–Crippen MR) is 53.2 cm³/mol. The summed E-state index contributed by atoms with van der Waals surface area (Å²) in [7, 11) is 0. The number of hydrogen-bond donors (Lipinski definition) is 1. The maximum atomic E-state index is 5.70. The second-order valence-corrected chi connectivity index (χ2v) is 3.58. The van der Waals surface area contributed by atoms with Gasteiger partial charge < -0.3 is 10.6 Å². The molecule has 0 bridgehead atoms. The van der Waals surface area contributed by atoms with Crippen LogP contribution in [0.25, 0.3) is 5.65 Å². The maximum absolute atomic E-state index is 5.70. The zero-order valence-corrected chi connectivity index (χ0v) is 7.67. The molecule has 5 heteroatoms. The highest BCUT2D eigenvalue weighted by Crippen LogP contribution is 2.15. The lowest BCUT2D eigenvalue weighted by molar-refractivity contribution is 0.509. The van der Waals surface area contributed by atoms with E-state index in [1.165, 1.54) is 0 Å². The van der Waals surface area contributed by atoms with Crippen molar-refractivity contribution in [2.24, 2.45) is 5.73 Å². The molecule has 1 fully saturated rings. The fourth-order valence-corrected chi connectivity index (χ4v) is 1.63. The van der Waals surface area contributed by atoms with E-state index in [2.05, 4.69) is 15.0 Å². The Morgan fingerprint density at radius 3 is 2.93 bits per heavy atom. The zero-order valence-electron chi connectivity index (χ0n) is 7.67. The molecule has 0 amide bonds. The van der Waals surface area contributed by atoms with Crippen molar-refractivity contribution < 1.29 is 0 Å². The highest BCUT2D eigenvalue weighted by molar-refractivity contribution is 5.46. The number of fused-ring (bicyclic) bond motifs is 1. The Kier molecular flexibility index (Phi) is 1.49. The minimum Gasteiger partial charge on any atom is -0.336 e. The van der Waals surface area contributed by atoms with Gasteiger partial charge in [0, 0.05) is 25.3 Å². The Bertz CT molecular complexity index is 424. The van der Waals surface area contributed by atoms with Gasteiger partial charge in [0.05, 0.1) is 0 Å². The maximum Gasteiger partial charge on any atom is 0.245 e. The van der Waals surface area contributed by atoms with Crippen LogP contribution in [0.3, 0.4) is 0 Å². The monoisotopic (exact) mass is 189 g/mol. The molecule has 2 aromatic heterocycles. The summed E-state index contributed by atoms with van der Waals surface area (Å²) in [6.07, 6.45) is 1.89. The summed E-state index contributed by atoms with van der Waals surface area (Å²) in [5, 5.41) is 4.35. The van der Waals surface area contributed by atoms with Crippen LogP contribution in [0.1, 0.15) is 0 Å². The predicted octanol–water partition coefficient (Wildman–Crippen LogP) is -0.123. The second-order valence-electron chi connectivity index (χ2n) is 3.58. The molecule has 0 saturated carbocycles. The smallest absolute Gasteiger partial charge is 0.245 e. The van der Waals surface area contributed by atoms with E-state index < -0.39 is 0 Å². The van der Waals surface area contributed by atoms with E-state index in [1.807, 2.05) is 24.4 Å². The van der Waals surface area contributed by atoms with Crippen LogP contribution < -0.4 is 10.6 Å². The van der Waals surface area contributed by atoms with E-state index in [4.69, 9.17) is 5.73 Å². The third-order valence-electron chi connectivity index (χ3n) is 2.42.